The molecule has 1 aliphatic heterocycles. The van der Waals surface area contributed by atoms with E-state index >= 15 is 0 Å². The molecule has 0 spiro atoms. The van der Waals surface area contributed by atoms with Crippen molar-refractivity contribution in [3.63, 3.8) is 0 Å². The van der Waals surface area contributed by atoms with E-state index in [0.29, 0.717) is 35.4 Å². The van der Waals surface area contributed by atoms with Gasteiger partial charge < -0.3 is 9.46 Å². The Hall–Kier alpha value is -2.30. The highest BCUT2D eigenvalue weighted by Gasteiger charge is 2.32. The lowest BCUT2D eigenvalue weighted by atomic mass is 10.0. The van der Waals surface area contributed by atoms with Crippen LogP contribution in [0.1, 0.15) is 31.5 Å². The van der Waals surface area contributed by atoms with Gasteiger partial charge in [-0.15, -0.1) is 0 Å². The van der Waals surface area contributed by atoms with Crippen LogP contribution >= 0.6 is 7.14 Å². The molecule has 2 aromatic carbocycles. The van der Waals surface area contributed by atoms with Gasteiger partial charge in [0.2, 0.25) is 0 Å². The Morgan fingerprint density at radius 1 is 1.13 bits per heavy atom. The van der Waals surface area contributed by atoms with Crippen molar-refractivity contribution in [2.45, 2.75) is 26.7 Å². The number of fused-ring (bicyclic) bond motifs is 1. The van der Waals surface area contributed by atoms with Crippen LogP contribution in [0, 0.1) is 11.7 Å². The summed E-state index contributed by atoms with van der Waals surface area (Å²) in [6.45, 7) is 6.91. The lowest BCUT2D eigenvalue weighted by molar-refractivity contribution is 0.277. The summed E-state index contributed by atoms with van der Waals surface area (Å²) in [6.07, 6.45) is 2.59. The highest BCUT2D eigenvalue weighted by atomic mass is 31.2. The largest absolute Gasteiger partial charge is 0.318 e. The van der Waals surface area contributed by atoms with E-state index in [4.69, 9.17) is 0 Å². The van der Waals surface area contributed by atoms with Gasteiger partial charge in [0.1, 0.15) is 13.0 Å². The van der Waals surface area contributed by atoms with Crippen molar-refractivity contribution < 1.29 is 8.96 Å². The molecule has 31 heavy (non-hydrogen) atoms. The molecular weight excluding hydrogens is 412 g/mol. The first-order valence-corrected chi connectivity index (χ1v) is 13.0. The first-order chi connectivity index (χ1) is 14.9. The molecule has 164 valence electrons. The average molecular weight is 441 g/mol. The fourth-order valence-electron chi connectivity index (χ4n) is 4.21. The first-order valence-electron chi connectivity index (χ1n) is 10.9. The summed E-state index contributed by atoms with van der Waals surface area (Å²) in [7, 11) is -2.77. The number of aromatic nitrogens is 2. The topological polar surface area (TPSA) is 66.1 Å². The van der Waals surface area contributed by atoms with Gasteiger partial charge >= 0.3 is 0 Å². The minimum atomic E-state index is -2.77. The Balaban J connectivity index is 1.57. The molecule has 0 radical (unpaired) electrons. The fourth-order valence-corrected chi connectivity index (χ4v) is 7.00. The molecule has 1 aromatic heterocycles. The van der Waals surface area contributed by atoms with Crippen LogP contribution in [-0.2, 0) is 11.0 Å². The van der Waals surface area contributed by atoms with Crippen molar-refractivity contribution >= 4 is 23.2 Å². The van der Waals surface area contributed by atoms with Crippen LogP contribution in [-0.4, -0.2) is 47.1 Å². The molecule has 2 heterocycles. The highest BCUT2D eigenvalue weighted by Crippen LogP contribution is 2.47. The molecule has 1 N–H and O–H groups in total. The molecule has 0 aliphatic carbocycles. The van der Waals surface area contributed by atoms with Gasteiger partial charge in [0, 0.05) is 42.5 Å². The predicted octanol–water partition coefficient (Wildman–Crippen LogP) is 4.00. The SMILES string of the molecule is CC(C)CCN1CCP(=O)(c2cc(Cc3n[nH]c(=O)c4ccccc34)ccc2F)CC1. The number of nitrogens with one attached hydrogen (secondary N) is 1. The van der Waals surface area contributed by atoms with E-state index in [1.807, 2.05) is 18.2 Å². The van der Waals surface area contributed by atoms with E-state index < -0.39 is 7.14 Å². The minimum Gasteiger partial charge on any atom is -0.318 e. The molecular formula is C24H29FN3O2P. The maximum absolute atomic E-state index is 14.7. The van der Waals surface area contributed by atoms with Crippen molar-refractivity contribution in [1.29, 1.82) is 0 Å². The van der Waals surface area contributed by atoms with E-state index in [1.165, 1.54) is 6.07 Å². The summed E-state index contributed by atoms with van der Waals surface area (Å²) < 4.78 is 28.4. The summed E-state index contributed by atoms with van der Waals surface area (Å²) in [5.41, 5.74) is 1.33. The van der Waals surface area contributed by atoms with E-state index in [-0.39, 0.29) is 11.4 Å². The van der Waals surface area contributed by atoms with E-state index in [1.54, 1.807) is 18.2 Å². The molecule has 0 atom stereocenters. The smallest absolute Gasteiger partial charge is 0.272 e. The van der Waals surface area contributed by atoms with Gasteiger partial charge in [-0.25, -0.2) is 9.49 Å². The number of aromatic amines is 1. The number of rotatable bonds is 6. The third kappa shape index (κ3) is 4.81. The van der Waals surface area contributed by atoms with Crippen LogP contribution in [0.15, 0.2) is 47.3 Å². The third-order valence-electron chi connectivity index (χ3n) is 6.17. The predicted molar refractivity (Wildman–Crippen MR) is 124 cm³/mol. The Kier molecular flexibility index (Phi) is 6.40. The van der Waals surface area contributed by atoms with Gasteiger partial charge in [-0.2, -0.15) is 5.10 Å². The zero-order valence-corrected chi connectivity index (χ0v) is 19.0. The summed E-state index contributed by atoms with van der Waals surface area (Å²) in [5, 5.41) is 8.49. The molecule has 7 heteroatoms. The number of nitrogens with zero attached hydrogens (tertiary/aromatic N) is 2. The minimum absolute atomic E-state index is 0.229. The van der Waals surface area contributed by atoms with E-state index in [2.05, 4.69) is 28.9 Å². The standard InChI is InChI=1S/C24H29FN3O2P/c1-17(2)9-10-28-11-13-31(30,14-12-28)23-16-18(7-8-21(23)25)15-22-19-5-3-4-6-20(19)24(29)27-26-22/h3-8,16-17H,9-15H2,1-2H3,(H,27,29). The van der Waals surface area contributed by atoms with Crippen LogP contribution in [0.4, 0.5) is 4.39 Å². The number of hydrogen-bond donors (Lipinski definition) is 1. The zero-order valence-electron chi connectivity index (χ0n) is 18.1. The normalized spacial score (nSPS) is 16.8. The fraction of sp³-hybridized carbons (Fsp3) is 0.417. The number of H-pyrrole nitrogens is 1. The molecule has 5 nitrogen and oxygen atoms in total. The highest BCUT2D eigenvalue weighted by molar-refractivity contribution is 7.71. The summed E-state index contributed by atoms with van der Waals surface area (Å²) >= 11 is 0. The van der Waals surface area contributed by atoms with Gasteiger partial charge in [-0.05, 0) is 42.6 Å². The quantitative estimate of drug-likeness (QED) is 0.587. The number of halogens is 1. The molecule has 4 rings (SSSR count). The van der Waals surface area contributed by atoms with Gasteiger partial charge in [-0.3, -0.25) is 4.79 Å². The average Bonchev–Trinajstić information content (AvgIpc) is 2.76. The second-order valence-corrected chi connectivity index (χ2v) is 12.0. The van der Waals surface area contributed by atoms with Crippen LogP contribution in [0.25, 0.3) is 10.8 Å². The first kappa shape index (κ1) is 21.9. The van der Waals surface area contributed by atoms with Gasteiger partial charge in [-0.1, -0.05) is 38.1 Å². The second kappa shape index (κ2) is 9.05. The third-order valence-corrected chi connectivity index (χ3v) is 9.24. The van der Waals surface area contributed by atoms with Crippen LogP contribution in [0.2, 0.25) is 0 Å². The van der Waals surface area contributed by atoms with Gasteiger partial charge in [0.15, 0.2) is 0 Å². The van der Waals surface area contributed by atoms with Crippen molar-refractivity contribution in [2.75, 3.05) is 32.0 Å². The molecule has 0 bridgehead atoms. The lowest BCUT2D eigenvalue weighted by Gasteiger charge is -2.33. The Bertz CT molecular complexity index is 1180. The second-order valence-electron chi connectivity index (χ2n) is 8.87. The molecule has 1 aliphatic rings. The van der Waals surface area contributed by atoms with Gasteiger partial charge in [0.25, 0.3) is 5.56 Å². The van der Waals surface area contributed by atoms with E-state index in [9.17, 15) is 13.8 Å². The van der Waals surface area contributed by atoms with E-state index in [0.717, 1.165) is 42.7 Å². The molecule has 0 saturated carbocycles. The van der Waals surface area contributed by atoms with Crippen molar-refractivity contribution in [3.05, 3.63) is 69.9 Å². The summed E-state index contributed by atoms with van der Waals surface area (Å²) in [6, 6.07) is 12.2. The Labute approximate surface area is 182 Å². The molecule has 1 fully saturated rings. The Morgan fingerprint density at radius 3 is 2.55 bits per heavy atom. The summed E-state index contributed by atoms with van der Waals surface area (Å²) in [5.74, 6) is 0.252. The Morgan fingerprint density at radius 2 is 1.84 bits per heavy atom. The zero-order chi connectivity index (χ0) is 22.0. The maximum atomic E-state index is 14.7. The van der Waals surface area contributed by atoms with Crippen molar-refractivity contribution in [1.82, 2.24) is 15.1 Å². The van der Waals surface area contributed by atoms with Crippen molar-refractivity contribution in [3.8, 4) is 0 Å². The number of benzene rings is 2. The van der Waals surface area contributed by atoms with Crippen LogP contribution in [0.5, 0.6) is 0 Å². The van der Waals surface area contributed by atoms with Crippen LogP contribution in [0.3, 0.4) is 0 Å². The molecule has 1 saturated heterocycles. The molecule has 0 unspecified atom stereocenters. The lowest BCUT2D eigenvalue weighted by Crippen LogP contribution is -2.38. The monoisotopic (exact) mass is 441 g/mol. The number of hydrogen-bond acceptors (Lipinski definition) is 4. The molecule has 0 amide bonds. The summed E-state index contributed by atoms with van der Waals surface area (Å²) in [4.78, 5) is 14.4. The van der Waals surface area contributed by atoms with Gasteiger partial charge in [0.05, 0.1) is 11.1 Å². The maximum Gasteiger partial charge on any atom is 0.272 e. The van der Waals surface area contributed by atoms with Crippen molar-refractivity contribution in [2.24, 2.45) is 5.92 Å². The van der Waals surface area contributed by atoms with Crippen LogP contribution < -0.4 is 10.9 Å². The molecule has 3 aromatic rings.